The quantitative estimate of drug-likeness (QED) is 0.0925. The number of pyridine rings is 4. The van der Waals surface area contributed by atoms with Crippen molar-refractivity contribution >= 4 is 64.2 Å². The molecule has 0 aliphatic heterocycles. The summed E-state index contributed by atoms with van der Waals surface area (Å²) < 4.78 is 70.8. The molecule has 0 fully saturated rings. The first kappa shape index (κ1) is 75.8. The zero-order valence-corrected chi connectivity index (χ0v) is 63.7. The number of aromatic nitrogens is 20. The number of allylic oxidation sites excluding steroid dienone is 12. The van der Waals surface area contributed by atoms with Crippen LogP contribution in [0.3, 0.4) is 0 Å². The van der Waals surface area contributed by atoms with Crippen molar-refractivity contribution in [1.29, 1.82) is 0 Å². The average Bonchev–Trinajstić information content (AvgIpc) is 1.60. The van der Waals surface area contributed by atoms with E-state index in [1.807, 2.05) is 27.7 Å². The van der Waals surface area contributed by atoms with Crippen molar-refractivity contribution in [3.05, 3.63) is 243 Å². The Labute approximate surface area is 651 Å². The lowest BCUT2D eigenvalue weighted by atomic mass is 9.90. The predicted molar refractivity (Wildman–Crippen MR) is 423 cm³/mol. The third kappa shape index (κ3) is 17.3. The van der Waals surface area contributed by atoms with Crippen LogP contribution in [0, 0.1) is 51.0 Å². The number of anilines is 3. The van der Waals surface area contributed by atoms with Gasteiger partial charge < -0.3 is 21.7 Å². The summed E-state index contributed by atoms with van der Waals surface area (Å²) in [6.45, 7) is 7.72. The molecule has 20 rings (SSSR count). The summed E-state index contributed by atoms with van der Waals surface area (Å²) in [5, 5.41) is 28.1. The second-order valence-corrected chi connectivity index (χ2v) is 29.2. The molecule has 0 saturated heterocycles. The maximum atomic E-state index is 13.6. The first-order valence-corrected chi connectivity index (χ1v) is 38.6. The normalized spacial score (nSPS) is 18.4. The van der Waals surface area contributed by atoms with Crippen molar-refractivity contribution in [3.63, 3.8) is 0 Å². The van der Waals surface area contributed by atoms with Gasteiger partial charge >= 0.3 is 0 Å². The molecule has 5 N–H and O–H groups in total. The summed E-state index contributed by atoms with van der Waals surface area (Å²) in [5.41, 5.74) is 26.5. The molecular formula is C81H80ClF5N24S. The first-order valence-electron chi connectivity index (χ1n) is 37.1. The molecule has 12 aromatic rings. The highest BCUT2D eigenvalue weighted by molar-refractivity contribution is 7.93. The largest absolute Gasteiger partial charge is 0.351 e. The van der Waals surface area contributed by atoms with Crippen molar-refractivity contribution in [2.75, 3.05) is 22.2 Å². The molecule has 0 amide bonds. The number of rotatable bonds is 10. The third-order valence-corrected chi connectivity index (χ3v) is 20.9. The van der Waals surface area contributed by atoms with Gasteiger partial charge in [0.25, 0.3) is 0 Å². The highest BCUT2D eigenvalue weighted by Crippen LogP contribution is 2.38. The van der Waals surface area contributed by atoms with Crippen LogP contribution in [0.15, 0.2) is 192 Å². The lowest BCUT2D eigenvalue weighted by molar-refractivity contribution is 0.576. The van der Waals surface area contributed by atoms with E-state index in [2.05, 4.69) is 145 Å². The molecule has 0 saturated carbocycles. The summed E-state index contributed by atoms with van der Waals surface area (Å²) in [7, 11) is 0. The van der Waals surface area contributed by atoms with Crippen molar-refractivity contribution < 1.29 is 21.4 Å². The molecule has 0 bridgehead atoms. The van der Waals surface area contributed by atoms with Crippen molar-refractivity contribution in [2.45, 2.75) is 155 Å². The SMILES string of the molecule is CSF.Cc1cnn2c(Cl)nc(-c3cncc(F)c3)nc12.Cc1cnn2c(NC3CCC4=C(C=CC4)C3)nc(-c3cncc(F)c3)nc12.Cc1cnn2c(N[C@@H]3CCC4=C(C=CC4)C3)nc(-c3cncc(F)c3)nc12.Cc1cnn2c(N[C@H]3CCC4=C(C=CC4)C3)nc(-c3cncc(F)c3)nc12.NC1CCC2=C(C=CC2)C1. The highest BCUT2D eigenvalue weighted by atomic mass is 35.5. The number of hydrogen-bond donors (Lipinski definition) is 4. The Kier molecular flexibility index (Phi) is 22.9. The van der Waals surface area contributed by atoms with Crippen LogP contribution < -0.4 is 21.7 Å². The molecule has 8 aliphatic rings. The minimum absolute atomic E-state index is 0.173. The molecule has 0 spiro atoms. The third-order valence-electron chi connectivity index (χ3n) is 20.6. The van der Waals surface area contributed by atoms with Crippen LogP contribution in [0.4, 0.5) is 39.3 Å². The number of nitrogens with zero attached hydrogens (tertiary/aromatic N) is 20. The van der Waals surface area contributed by atoms with E-state index >= 15 is 0 Å². The Balaban J connectivity index is 0.000000113. The fourth-order valence-electron chi connectivity index (χ4n) is 14.9. The van der Waals surface area contributed by atoms with Crippen LogP contribution >= 0.6 is 23.7 Å². The number of aryl methyl sites for hydroxylation is 4. The Morgan fingerprint density at radius 2 is 0.661 bits per heavy atom. The second kappa shape index (κ2) is 33.9. The number of hydrogen-bond acceptors (Lipinski definition) is 21. The predicted octanol–water partition coefficient (Wildman–Crippen LogP) is 16.8. The molecule has 8 aliphatic carbocycles. The van der Waals surface area contributed by atoms with Gasteiger partial charge in [0.2, 0.25) is 23.1 Å². The Morgan fingerprint density at radius 3 is 0.973 bits per heavy atom. The van der Waals surface area contributed by atoms with Gasteiger partial charge in [-0.1, -0.05) is 70.9 Å². The Hall–Kier alpha value is -11.6. The van der Waals surface area contributed by atoms with Crippen LogP contribution in [-0.2, 0) is 0 Å². The molecule has 24 nitrogen and oxygen atoms in total. The zero-order valence-electron chi connectivity index (χ0n) is 62.2. The molecule has 31 heteroatoms. The molecule has 12 aromatic heterocycles. The molecule has 12 heterocycles. The topological polar surface area (TPSA) is 286 Å². The monoisotopic (exact) mass is 1550 g/mol. The minimum Gasteiger partial charge on any atom is -0.351 e. The van der Waals surface area contributed by atoms with Gasteiger partial charge in [-0.2, -0.15) is 62.3 Å². The zero-order chi connectivity index (χ0) is 77.5. The van der Waals surface area contributed by atoms with Gasteiger partial charge in [0, 0.05) is 112 Å². The number of fused-ring (bicyclic) bond motifs is 4. The van der Waals surface area contributed by atoms with Gasteiger partial charge in [0.15, 0.2) is 45.9 Å². The number of nitrogens with two attached hydrogens (primary N) is 1. The van der Waals surface area contributed by atoms with E-state index in [1.165, 1.54) is 101 Å². The molecule has 4 atom stereocenters. The van der Waals surface area contributed by atoms with E-state index in [0.29, 0.717) is 92.0 Å². The lowest BCUT2D eigenvalue weighted by Crippen LogP contribution is -2.25. The summed E-state index contributed by atoms with van der Waals surface area (Å²) in [4.78, 5) is 51.6. The summed E-state index contributed by atoms with van der Waals surface area (Å²) in [5.74, 6) is 1.86. The van der Waals surface area contributed by atoms with Gasteiger partial charge in [0.1, 0.15) is 23.3 Å². The van der Waals surface area contributed by atoms with E-state index in [1.54, 1.807) is 79.2 Å². The molecule has 0 aromatic carbocycles. The van der Waals surface area contributed by atoms with Crippen molar-refractivity contribution in [1.82, 2.24) is 98.3 Å². The molecule has 0 radical (unpaired) electrons. The lowest BCUT2D eigenvalue weighted by Gasteiger charge is -2.25. The average molecular weight is 1550 g/mol. The summed E-state index contributed by atoms with van der Waals surface area (Å²) in [6.07, 6.45) is 54.5. The fraction of sp³-hybridized carbons (Fsp3) is 0.309. The van der Waals surface area contributed by atoms with Crippen LogP contribution in [-0.4, -0.2) is 129 Å². The van der Waals surface area contributed by atoms with Crippen LogP contribution in [0.25, 0.3) is 68.1 Å². The van der Waals surface area contributed by atoms with Gasteiger partial charge in [-0.15, -0.1) is 0 Å². The van der Waals surface area contributed by atoms with E-state index in [4.69, 9.17) is 17.3 Å². The smallest absolute Gasteiger partial charge is 0.228 e. The Bertz CT molecular complexity index is 5400. The first-order chi connectivity index (χ1) is 54.4. The van der Waals surface area contributed by atoms with Crippen LogP contribution in [0.1, 0.15) is 125 Å². The van der Waals surface area contributed by atoms with Crippen molar-refractivity contribution in [2.24, 2.45) is 5.73 Å². The van der Waals surface area contributed by atoms with Crippen LogP contribution in [0.2, 0.25) is 5.28 Å². The van der Waals surface area contributed by atoms with E-state index < -0.39 is 23.3 Å². The van der Waals surface area contributed by atoms with E-state index in [-0.39, 0.29) is 35.6 Å². The second-order valence-electron chi connectivity index (χ2n) is 28.6. The molecular weight excluding hydrogens is 1470 g/mol. The van der Waals surface area contributed by atoms with Gasteiger partial charge in [-0.05, 0) is 189 Å². The molecule has 572 valence electrons. The van der Waals surface area contributed by atoms with E-state index in [0.717, 1.165) is 112 Å². The fourth-order valence-corrected chi connectivity index (χ4v) is 15.1. The van der Waals surface area contributed by atoms with Crippen LogP contribution in [0.5, 0.6) is 0 Å². The minimum atomic E-state index is -0.447. The standard InChI is InChI=1S/3C20H19FN6.C11H7ClFN5.C9H13N.CH3FS/c3*1-12-9-23-27-19(12)25-18(15-7-16(21)11-22-10-15)26-20(27)24-17-6-5-13-3-2-4-14(13)8-17;1-6-3-15-18-10(6)16-9(17-11(18)12)7-2-8(13)5-14-4-7;10-9-5-4-7-2-1-3-8(7)6-9;1-3-2/h3*2,4,7,9-11,17H,3,5-6,8H2,1H3,(H,24,25,26);2-5H,1H3;1,3,9H,2,4-6,10H2;1H3/t2*17-;;;;/m10..../s1. The van der Waals surface area contributed by atoms with E-state index in [9.17, 15) is 21.4 Å². The summed E-state index contributed by atoms with van der Waals surface area (Å²) in [6, 6.07) is 6.79. The van der Waals surface area contributed by atoms with Gasteiger partial charge in [-0.3, -0.25) is 19.9 Å². The van der Waals surface area contributed by atoms with Crippen molar-refractivity contribution in [3.8, 4) is 45.6 Å². The van der Waals surface area contributed by atoms with Gasteiger partial charge in [-0.25, -0.2) is 37.5 Å². The molecule has 112 heavy (non-hydrogen) atoms. The molecule has 2 unspecified atom stereocenters. The summed E-state index contributed by atoms with van der Waals surface area (Å²) >= 11 is 6.25. The maximum absolute atomic E-state index is 13.6. The van der Waals surface area contributed by atoms with Gasteiger partial charge in [0.05, 0.1) is 49.6 Å². The number of nitrogens with one attached hydrogen (secondary N) is 3. The highest BCUT2D eigenvalue weighted by Gasteiger charge is 2.28. The maximum Gasteiger partial charge on any atom is 0.228 e. The Morgan fingerprint density at radius 1 is 0.384 bits per heavy atom. The number of halogens is 6.